The van der Waals surface area contributed by atoms with Crippen LogP contribution in [0.3, 0.4) is 0 Å². The summed E-state index contributed by atoms with van der Waals surface area (Å²) < 4.78 is 4.20. The Labute approximate surface area is 152 Å². The van der Waals surface area contributed by atoms with Gasteiger partial charge in [-0.3, -0.25) is 0 Å². The topological polar surface area (TPSA) is 61.4 Å². The summed E-state index contributed by atoms with van der Waals surface area (Å²) in [6.07, 6.45) is 5.40. The molecular weight excluding hydrogens is 324 g/mol. The molecule has 4 rings (SSSR count). The van der Waals surface area contributed by atoms with Crippen LogP contribution in [0.5, 0.6) is 0 Å². The van der Waals surface area contributed by atoms with E-state index in [1.807, 2.05) is 24.3 Å². The normalized spacial score (nSPS) is 10.9. The fourth-order valence-electron chi connectivity index (χ4n) is 3.02. The van der Waals surface area contributed by atoms with E-state index in [1.165, 1.54) is 5.56 Å². The summed E-state index contributed by atoms with van der Waals surface area (Å²) in [4.78, 5) is 0. The molecule has 0 aliphatic carbocycles. The predicted octanol–water partition coefficient (Wildman–Crippen LogP) is 3.22. The molecule has 130 valence electrons. The fraction of sp³-hybridized carbons (Fsp3) is 0.200. The summed E-state index contributed by atoms with van der Waals surface area (Å²) in [5.41, 5.74) is 2.33. The van der Waals surface area contributed by atoms with E-state index >= 15 is 0 Å². The van der Waals surface area contributed by atoms with E-state index in [9.17, 15) is 0 Å². The van der Waals surface area contributed by atoms with Crippen LogP contribution in [0.25, 0.3) is 11.4 Å². The van der Waals surface area contributed by atoms with Crippen LogP contribution in [0.15, 0.2) is 73.3 Å². The number of benzene rings is 2. The molecule has 2 aromatic heterocycles. The van der Waals surface area contributed by atoms with Crippen LogP contribution < -0.4 is 0 Å². The molecule has 0 atom stereocenters. The number of hydrogen-bond acceptors (Lipinski definition) is 4. The highest BCUT2D eigenvalue weighted by Crippen LogP contribution is 2.16. The third-order valence-corrected chi connectivity index (χ3v) is 4.34. The summed E-state index contributed by atoms with van der Waals surface area (Å²) in [6, 6.07) is 20.5. The maximum atomic E-state index is 4.28. The van der Waals surface area contributed by atoms with Gasteiger partial charge in [-0.1, -0.05) is 60.7 Å². The Kier molecular flexibility index (Phi) is 4.82. The van der Waals surface area contributed by atoms with Crippen LogP contribution in [-0.4, -0.2) is 29.5 Å². The molecule has 0 spiro atoms. The Morgan fingerprint density at radius 3 is 2.23 bits per heavy atom. The zero-order chi connectivity index (χ0) is 17.6. The van der Waals surface area contributed by atoms with Gasteiger partial charge in [-0.15, -0.1) is 20.4 Å². The smallest absolute Gasteiger partial charge is 0.163 e. The van der Waals surface area contributed by atoms with Gasteiger partial charge < -0.3 is 9.13 Å². The summed E-state index contributed by atoms with van der Waals surface area (Å²) in [5, 5.41) is 16.7. The summed E-state index contributed by atoms with van der Waals surface area (Å²) in [6.45, 7) is 1.64. The highest BCUT2D eigenvalue weighted by Gasteiger charge is 2.08. The molecule has 0 unspecified atom stereocenters. The third kappa shape index (κ3) is 3.69. The maximum absolute atomic E-state index is 4.28. The monoisotopic (exact) mass is 344 g/mol. The van der Waals surface area contributed by atoms with Gasteiger partial charge in [0.2, 0.25) is 0 Å². The molecule has 0 saturated heterocycles. The van der Waals surface area contributed by atoms with Gasteiger partial charge in [0.1, 0.15) is 18.5 Å². The summed E-state index contributed by atoms with van der Waals surface area (Å²) in [7, 11) is 0. The third-order valence-electron chi connectivity index (χ3n) is 4.34. The van der Waals surface area contributed by atoms with Crippen molar-refractivity contribution >= 4 is 0 Å². The van der Waals surface area contributed by atoms with Crippen molar-refractivity contribution in [2.75, 3.05) is 0 Å². The van der Waals surface area contributed by atoms with Crippen molar-refractivity contribution in [3.63, 3.8) is 0 Å². The highest BCUT2D eigenvalue weighted by atomic mass is 15.3. The van der Waals surface area contributed by atoms with Gasteiger partial charge >= 0.3 is 0 Å². The zero-order valence-corrected chi connectivity index (χ0v) is 14.4. The first-order valence-corrected chi connectivity index (χ1v) is 8.74. The van der Waals surface area contributed by atoms with Crippen molar-refractivity contribution in [1.82, 2.24) is 29.5 Å². The molecule has 0 aliphatic rings. The number of rotatable bonds is 7. The summed E-state index contributed by atoms with van der Waals surface area (Å²) >= 11 is 0. The van der Waals surface area contributed by atoms with E-state index in [4.69, 9.17) is 0 Å². The predicted molar refractivity (Wildman–Crippen MR) is 99.3 cm³/mol. The molecule has 2 heterocycles. The van der Waals surface area contributed by atoms with Crippen molar-refractivity contribution in [3.05, 3.63) is 84.7 Å². The molecule has 0 aliphatic heterocycles. The van der Waals surface area contributed by atoms with Gasteiger partial charge in [-0.05, 0) is 12.0 Å². The largest absolute Gasteiger partial charge is 0.314 e. The molecule has 0 saturated carbocycles. The minimum absolute atomic E-state index is 0.797. The Morgan fingerprint density at radius 2 is 1.42 bits per heavy atom. The zero-order valence-electron chi connectivity index (χ0n) is 14.4. The lowest BCUT2D eigenvalue weighted by molar-refractivity contribution is 0.610. The second kappa shape index (κ2) is 7.74. The first-order valence-electron chi connectivity index (χ1n) is 8.74. The first-order chi connectivity index (χ1) is 12.9. The fourth-order valence-corrected chi connectivity index (χ4v) is 3.02. The lowest BCUT2D eigenvalue weighted by Gasteiger charge is -2.08. The minimum atomic E-state index is 0.797. The maximum Gasteiger partial charge on any atom is 0.163 e. The van der Waals surface area contributed by atoms with Gasteiger partial charge in [-0.2, -0.15) is 0 Å². The second-order valence-electron chi connectivity index (χ2n) is 6.18. The van der Waals surface area contributed by atoms with Gasteiger partial charge in [0.05, 0.1) is 6.54 Å². The number of aromatic nitrogens is 6. The van der Waals surface area contributed by atoms with E-state index in [0.29, 0.717) is 0 Å². The van der Waals surface area contributed by atoms with Crippen LogP contribution in [0.2, 0.25) is 0 Å². The lowest BCUT2D eigenvalue weighted by Crippen LogP contribution is -2.07. The SMILES string of the molecule is c1ccc(Cn2cnnc2CCCn2cnnc2-c2ccccc2)cc1. The molecule has 6 heteroatoms. The van der Waals surface area contributed by atoms with Gasteiger partial charge in [0.25, 0.3) is 0 Å². The van der Waals surface area contributed by atoms with Crippen molar-refractivity contribution in [3.8, 4) is 11.4 Å². The molecule has 0 fully saturated rings. The second-order valence-corrected chi connectivity index (χ2v) is 6.18. The van der Waals surface area contributed by atoms with E-state index in [1.54, 1.807) is 12.7 Å². The van der Waals surface area contributed by atoms with E-state index < -0.39 is 0 Å². The summed E-state index contributed by atoms with van der Waals surface area (Å²) in [5.74, 6) is 1.90. The number of nitrogens with zero attached hydrogens (tertiary/aromatic N) is 6. The van der Waals surface area contributed by atoms with Gasteiger partial charge in [-0.25, -0.2) is 0 Å². The van der Waals surface area contributed by atoms with Crippen molar-refractivity contribution < 1.29 is 0 Å². The molecule has 6 nitrogen and oxygen atoms in total. The lowest BCUT2D eigenvalue weighted by atomic mass is 10.2. The van der Waals surface area contributed by atoms with Crippen LogP contribution in [0.1, 0.15) is 17.8 Å². The molecule has 0 bridgehead atoms. The van der Waals surface area contributed by atoms with Gasteiger partial charge in [0, 0.05) is 18.5 Å². The van der Waals surface area contributed by atoms with Crippen molar-refractivity contribution in [2.45, 2.75) is 25.9 Å². The molecule has 0 radical (unpaired) electrons. The Bertz CT molecular complexity index is 943. The van der Waals surface area contributed by atoms with Crippen LogP contribution >= 0.6 is 0 Å². The highest BCUT2D eigenvalue weighted by molar-refractivity contribution is 5.54. The van der Waals surface area contributed by atoms with E-state index in [0.717, 1.165) is 43.1 Å². The van der Waals surface area contributed by atoms with E-state index in [2.05, 4.69) is 65.9 Å². The van der Waals surface area contributed by atoms with Crippen LogP contribution in [0.4, 0.5) is 0 Å². The van der Waals surface area contributed by atoms with E-state index in [-0.39, 0.29) is 0 Å². The van der Waals surface area contributed by atoms with Crippen molar-refractivity contribution in [1.29, 1.82) is 0 Å². The van der Waals surface area contributed by atoms with Crippen LogP contribution in [0, 0.1) is 0 Å². The van der Waals surface area contributed by atoms with Crippen LogP contribution in [-0.2, 0) is 19.5 Å². The van der Waals surface area contributed by atoms with Gasteiger partial charge in [0.15, 0.2) is 5.82 Å². The number of hydrogen-bond donors (Lipinski definition) is 0. The Balaban J connectivity index is 1.39. The molecule has 4 aromatic rings. The molecule has 26 heavy (non-hydrogen) atoms. The Morgan fingerprint density at radius 1 is 0.731 bits per heavy atom. The molecule has 2 aromatic carbocycles. The van der Waals surface area contributed by atoms with Crippen molar-refractivity contribution in [2.24, 2.45) is 0 Å². The standard InChI is InChI=1S/C20H20N6/c1-3-8-17(9-4-1)14-26-16-21-23-19(26)12-7-13-25-15-22-24-20(25)18-10-5-2-6-11-18/h1-6,8-11,15-16H,7,12-14H2. The molecule has 0 N–H and O–H groups in total. The first kappa shape index (κ1) is 16.2. The minimum Gasteiger partial charge on any atom is -0.314 e. The number of aryl methyl sites for hydroxylation is 2. The Hall–Kier alpha value is -3.28. The average molecular weight is 344 g/mol. The quantitative estimate of drug-likeness (QED) is 0.516. The molecular formula is C20H20N6. The molecule has 0 amide bonds. The average Bonchev–Trinajstić information content (AvgIpc) is 3.33.